The molecule has 12 nitrogen and oxygen atoms in total. The van der Waals surface area contributed by atoms with Crippen molar-refractivity contribution in [3.05, 3.63) is 35.3 Å². The summed E-state index contributed by atoms with van der Waals surface area (Å²) in [5, 5.41) is 14.9. The molecule has 0 aliphatic carbocycles. The van der Waals surface area contributed by atoms with Gasteiger partial charge in [-0.3, -0.25) is 14.6 Å². The van der Waals surface area contributed by atoms with Gasteiger partial charge in [0.1, 0.15) is 11.4 Å². The van der Waals surface area contributed by atoms with Crippen molar-refractivity contribution in [1.82, 2.24) is 25.2 Å². The van der Waals surface area contributed by atoms with Crippen LogP contribution in [-0.2, 0) is 4.79 Å². The molecule has 0 aromatic carbocycles. The molecule has 2 aromatic heterocycles. The maximum Gasteiger partial charge on any atom is 0.404 e. The summed E-state index contributed by atoms with van der Waals surface area (Å²) in [6.45, 7) is 8.24. The number of carbonyl (C=O) groups is 3. The molecule has 2 aliphatic heterocycles. The van der Waals surface area contributed by atoms with E-state index in [1.807, 2.05) is 21.9 Å². The van der Waals surface area contributed by atoms with E-state index >= 15 is 0 Å². The van der Waals surface area contributed by atoms with Gasteiger partial charge in [0.15, 0.2) is 0 Å². The SMILES string of the molecule is CC(=O)N1CCC(c2cc(Nc3nc(N4CCCC(NC(=O)O)C4)ncc3C(N)=O)cc(C(C)C)n2)CC1. The number of primary amides is 1. The molecular formula is C26H36N8O4. The number of nitrogens with two attached hydrogens (primary N) is 1. The Morgan fingerprint density at radius 2 is 1.84 bits per heavy atom. The Kier molecular flexibility index (Phi) is 8.28. The lowest BCUT2D eigenvalue weighted by Gasteiger charge is -2.32. The molecule has 0 radical (unpaired) electrons. The van der Waals surface area contributed by atoms with Gasteiger partial charge in [-0.2, -0.15) is 4.98 Å². The van der Waals surface area contributed by atoms with Gasteiger partial charge in [0.05, 0.1) is 0 Å². The zero-order valence-electron chi connectivity index (χ0n) is 22.1. The zero-order valence-corrected chi connectivity index (χ0v) is 22.1. The second-order valence-corrected chi connectivity index (χ2v) is 10.3. The highest BCUT2D eigenvalue weighted by atomic mass is 16.4. The predicted molar refractivity (Wildman–Crippen MR) is 143 cm³/mol. The topological polar surface area (TPSA) is 167 Å². The molecule has 204 valence electrons. The molecular weight excluding hydrogens is 488 g/mol. The molecule has 0 saturated carbocycles. The number of nitrogens with zero attached hydrogens (tertiary/aromatic N) is 5. The summed E-state index contributed by atoms with van der Waals surface area (Å²) in [7, 11) is 0. The van der Waals surface area contributed by atoms with Crippen molar-refractivity contribution in [2.24, 2.45) is 5.73 Å². The molecule has 2 aliphatic rings. The molecule has 0 bridgehead atoms. The summed E-state index contributed by atoms with van der Waals surface area (Å²) in [6.07, 6.45) is 3.52. The third kappa shape index (κ3) is 6.48. The summed E-state index contributed by atoms with van der Waals surface area (Å²) >= 11 is 0. The fourth-order valence-corrected chi connectivity index (χ4v) is 5.03. The third-order valence-electron chi connectivity index (χ3n) is 7.15. The molecule has 12 heteroatoms. The average Bonchev–Trinajstić information content (AvgIpc) is 2.88. The lowest BCUT2D eigenvalue weighted by Crippen LogP contribution is -2.48. The van der Waals surface area contributed by atoms with Crippen LogP contribution in [0.15, 0.2) is 18.3 Å². The lowest BCUT2D eigenvalue weighted by atomic mass is 9.92. The minimum absolute atomic E-state index is 0.0898. The predicted octanol–water partition coefficient (Wildman–Crippen LogP) is 2.80. The average molecular weight is 525 g/mol. The second-order valence-electron chi connectivity index (χ2n) is 10.3. The van der Waals surface area contributed by atoms with Gasteiger partial charge in [0.2, 0.25) is 11.9 Å². The van der Waals surface area contributed by atoms with Crippen molar-refractivity contribution >= 4 is 35.4 Å². The van der Waals surface area contributed by atoms with Crippen molar-refractivity contribution in [3.8, 4) is 0 Å². The first-order chi connectivity index (χ1) is 18.1. The summed E-state index contributed by atoms with van der Waals surface area (Å²) < 4.78 is 0. The highest BCUT2D eigenvalue weighted by Crippen LogP contribution is 2.32. The van der Waals surface area contributed by atoms with Gasteiger partial charge in [-0.15, -0.1) is 0 Å². The molecule has 0 spiro atoms. The highest BCUT2D eigenvalue weighted by molar-refractivity contribution is 5.98. The number of aromatic nitrogens is 3. The Hall–Kier alpha value is -3.96. The van der Waals surface area contributed by atoms with E-state index < -0.39 is 12.0 Å². The summed E-state index contributed by atoms with van der Waals surface area (Å²) in [5.41, 5.74) is 8.39. The van der Waals surface area contributed by atoms with Crippen LogP contribution >= 0.6 is 0 Å². The first-order valence-electron chi connectivity index (χ1n) is 13.1. The normalized spacial score (nSPS) is 18.4. The summed E-state index contributed by atoms with van der Waals surface area (Å²) in [4.78, 5) is 52.7. The standard InChI is InChI=1S/C26H36N8O4/c1-15(2)21-11-19(12-22(31-21)17-6-9-33(10-7-17)16(3)35)29-24-20(23(27)36)13-28-25(32-24)34-8-4-5-18(14-34)30-26(37)38/h11-13,15,17-18,30H,4-10,14H2,1-3H3,(H2,27,36)(H,37,38)(H,28,29,31,32). The quantitative estimate of drug-likeness (QED) is 0.426. The van der Waals surface area contributed by atoms with Crippen LogP contribution in [0.4, 0.5) is 22.2 Å². The van der Waals surface area contributed by atoms with E-state index in [0.717, 1.165) is 42.8 Å². The number of amides is 3. The van der Waals surface area contributed by atoms with E-state index in [1.54, 1.807) is 6.92 Å². The van der Waals surface area contributed by atoms with Crippen LogP contribution in [0.25, 0.3) is 0 Å². The fraction of sp³-hybridized carbons (Fsp3) is 0.538. The Balaban J connectivity index is 1.61. The molecule has 4 rings (SSSR count). The van der Waals surface area contributed by atoms with Gasteiger partial charge in [0.25, 0.3) is 5.91 Å². The highest BCUT2D eigenvalue weighted by Gasteiger charge is 2.26. The molecule has 1 unspecified atom stereocenters. The van der Waals surface area contributed by atoms with Crippen LogP contribution in [0, 0.1) is 0 Å². The molecule has 38 heavy (non-hydrogen) atoms. The number of nitrogens with one attached hydrogen (secondary N) is 2. The van der Waals surface area contributed by atoms with Crippen LogP contribution in [0.2, 0.25) is 0 Å². The van der Waals surface area contributed by atoms with E-state index in [9.17, 15) is 14.4 Å². The van der Waals surface area contributed by atoms with Crippen LogP contribution in [0.1, 0.15) is 80.0 Å². The maximum atomic E-state index is 12.2. The lowest BCUT2D eigenvalue weighted by molar-refractivity contribution is -0.129. The minimum Gasteiger partial charge on any atom is -0.465 e. The van der Waals surface area contributed by atoms with E-state index in [2.05, 4.69) is 34.4 Å². The van der Waals surface area contributed by atoms with Crippen LogP contribution in [-0.4, -0.2) is 75.1 Å². The third-order valence-corrected chi connectivity index (χ3v) is 7.15. The Morgan fingerprint density at radius 3 is 2.47 bits per heavy atom. The molecule has 1 atom stereocenters. The van der Waals surface area contributed by atoms with Crippen LogP contribution < -0.4 is 21.3 Å². The van der Waals surface area contributed by atoms with Gasteiger partial charge >= 0.3 is 6.09 Å². The van der Waals surface area contributed by atoms with E-state index in [4.69, 9.17) is 15.8 Å². The Labute approximate surface area is 222 Å². The molecule has 2 saturated heterocycles. The van der Waals surface area contributed by atoms with Gasteiger partial charge in [-0.25, -0.2) is 9.78 Å². The van der Waals surface area contributed by atoms with E-state index in [-0.39, 0.29) is 35.2 Å². The zero-order chi connectivity index (χ0) is 27.4. The molecule has 5 N–H and O–H groups in total. The number of carbonyl (C=O) groups excluding carboxylic acids is 2. The van der Waals surface area contributed by atoms with Crippen LogP contribution in [0.5, 0.6) is 0 Å². The van der Waals surface area contributed by atoms with Gasteiger partial charge in [-0.1, -0.05) is 13.8 Å². The summed E-state index contributed by atoms with van der Waals surface area (Å²) in [5.74, 6) is 0.508. The van der Waals surface area contributed by atoms with Gasteiger partial charge in [-0.05, 0) is 43.7 Å². The Morgan fingerprint density at radius 1 is 1.11 bits per heavy atom. The largest absolute Gasteiger partial charge is 0.465 e. The van der Waals surface area contributed by atoms with Crippen LogP contribution in [0.3, 0.4) is 0 Å². The van der Waals surface area contributed by atoms with Gasteiger partial charge in [0, 0.05) is 68.3 Å². The fourth-order valence-electron chi connectivity index (χ4n) is 5.03. The molecule has 2 aromatic rings. The van der Waals surface area contributed by atoms with Crippen molar-refractivity contribution in [1.29, 1.82) is 0 Å². The first kappa shape index (κ1) is 27.1. The van der Waals surface area contributed by atoms with E-state index in [1.165, 1.54) is 6.20 Å². The number of hydrogen-bond acceptors (Lipinski definition) is 8. The van der Waals surface area contributed by atoms with Crippen molar-refractivity contribution in [3.63, 3.8) is 0 Å². The number of carboxylic acid groups (broad SMARTS) is 1. The van der Waals surface area contributed by atoms with E-state index in [0.29, 0.717) is 32.1 Å². The number of piperidine rings is 2. The van der Waals surface area contributed by atoms with Gasteiger partial charge < -0.3 is 31.3 Å². The Bertz CT molecular complexity index is 1200. The summed E-state index contributed by atoms with van der Waals surface area (Å²) in [6, 6.07) is 3.68. The minimum atomic E-state index is -1.06. The van der Waals surface area contributed by atoms with Crippen molar-refractivity contribution < 1.29 is 19.5 Å². The number of rotatable bonds is 7. The first-order valence-corrected chi connectivity index (χ1v) is 13.1. The maximum absolute atomic E-state index is 12.2. The van der Waals surface area contributed by atoms with Crippen molar-refractivity contribution in [2.45, 2.75) is 64.3 Å². The number of hydrogen-bond donors (Lipinski definition) is 4. The molecule has 2 fully saturated rings. The van der Waals surface area contributed by atoms with Crippen molar-refractivity contribution in [2.75, 3.05) is 36.4 Å². The number of pyridine rings is 1. The monoisotopic (exact) mass is 524 g/mol. The molecule has 3 amide bonds. The smallest absolute Gasteiger partial charge is 0.404 e. The number of anilines is 3. The molecule has 4 heterocycles. The second kappa shape index (κ2) is 11.6. The number of likely N-dealkylation sites (tertiary alicyclic amines) is 1.